The predicted molar refractivity (Wildman–Crippen MR) is 93.5 cm³/mol. The third-order valence-electron chi connectivity index (χ3n) is 3.73. The van der Waals surface area contributed by atoms with E-state index in [0.29, 0.717) is 5.56 Å². The predicted octanol–water partition coefficient (Wildman–Crippen LogP) is 1.86. The molecule has 0 fully saturated rings. The monoisotopic (exact) mass is 390 g/mol. The molecular formula is C19H18O4Se. The van der Waals surface area contributed by atoms with Gasteiger partial charge in [0.1, 0.15) is 0 Å². The van der Waals surface area contributed by atoms with Crippen LogP contribution in [0.3, 0.4) is 0 Å². The van der Waals surface area contributed by atoms with Crippen molar-refractivity contribution in [2.24, 2.45) is 0 Å². The summed E-state index contributed by atoms with van der Waals surface area (Å²) < 4.78 is 5.62. The Balaban J connectivity index is 2.53. The van der Waals surface area contributed by atoms with E-state index in [4.69, 9.17) is 4.74 Å². The van der Waals surface area contributed by atoms with E-state index in [1.54, 1.807) is 42.5 Å². The molecule has 0 heterocycles. The molecule has 0 bridgehead atoms. The van der Waals surface area contributed by atoms with Crippen molar-refractivity contribution in [1.29, 1.82) is 0 Å². The van der Waals surface area contributed by atoms with E-state index in [-0.39, 0.29) is 26.1 Å². The molecule has 0 amide bonds. The average Bonchev–Trinajstić information content (AvgIpc) is 2.66. The molecule has 0 saturated carbocycles. The van der Waals surface area contributed by atoms with E-state index in [2.05, 4.69) is 6.58 Å². The molecule has 2 aromatic rings. The van der Waals surface area contributed by atoms with Crippen LogP contribution >= 0.6 is 0 Å². The van der Waals surface area contributed by atoms with Crippen LogP contribution in [0.5, 0.6) is 0 Å². The first kappa shape index (κ1) is 18.1. The van der Waals surface area contributed by atoms with Gasteiger partial charge in [-0.25, -0.2) is 0 Å². The topological polar surface area (TPSA) is 63.6 Å². The Hall–Kier alpha value is -2.20. The Kier molecular flexibility index (Phi) is 5.73. The van der Waals surface area contributed by atoms with Crippen LogP contribution in [0, 0.1) is 0 Å². The minimum absolute atomic E-state index is 0.0860. The van der Waals surface area contributed by atoms with Crippen molar-refractivity contribution < 1.29 is 19.4 Å². The van der Waals surface area contributed by atoms with E-state index in [1.807, 2.05) is 18.0 Å². The second-order valence-corrected chi connectivity index (χ2v) is 6.86. The van der Waals surface area contributed by atoms with Gasteiger partial charge in [-0.3, -0.25) is 0 Å². The Morgan fingerprint density at radius 2 is 1.67 bits per heavy atom. The molecule has 0 aromatic heterocycles. The number of benzene rings is 2. The van der Waals surface area contributed by atoms with Crippen LogP contribution in [-0.2, 0) is 15.1 Å². The number of hydrogen-bond acceptors (Lipinski definition) is 4. The standard InChI is InChI=1S/C19H18O4Se/c1-13(17(20)15-11-7-8-12-16(15)24-3)19(22,18(21)23-2)14-9-5-4-6-10-14/h4-12,22H,1H2,2-3H3. The number of hydrogen-bond donors (Lipinski definition) is 1. The van der Waals surface area contributed by atoms with Gasteiger partial charge in [-0.15, -0.1) is 0 Å². The maximum absolute atomic E-state index is 12.9. The summed E-state index contributed by atoms with van der Waals surface area (Å²) in [6.07, 6.45) is 0. The van der Waals surface area contributed by atoms with E-state index >= 15 is 0 Å². The first-order chi connectivity index (χ1) is 11.5. The van der Waals surface area contributed by atoms with E-state index in [1.165, 1.54) is 0 Å². The van der Waals surface area contributed by atoms with Crippen LogP contribution in [0.4, 0.5) is 0 Å². The van der Waals surface area contributed by atoms with Crippen molar-refractivity contribution in [3.8, 4) is 0 Å². The first-order valence-corrected chi connectivity index (χ1v) is 9.77. The number of Topliss-reactive ketones (excluding diaryl/α,β-unsaturated/α-hetero) is 1. The molecule has 24 heavy (non-hydrogen) atoms. The minimum atomic E-state index is -2.22. The fourth-order valence-electron chi connectivity index (χ4n) is 2.40. The molecule has 1 atom stereocenters. The zero-order valence-electron chi connectivity index (χ0n) is 13.5. The van der Waals surface area contributed by atoms with Crippen LogP contribution < -0.4 is 4.46 Å². The molecule has 4 nitrogen and oxygen atoms in total. The fraction of sp³-hybridized carbons (Fsp3) is 0.158. The molecule has 124 valence electrons. The maximum atomic E-state index is 12.9. The molecule has 5 heteroatoms. The van der Waals surface area contributed by atoms with Crippen LogP contribution in [0.1, 0.15) is 15.9 Å². The van der Waals surface area contributed by atoms with Gasteiger partial charge in [-0.05, 0) is 0 Å². The molecular weight excluding hydrogens is 371 g/mol. The van der Waals surface area contributed by atoms with Gasteiger partial charge in [-0.1, -0.05) is 0 Å². The van der Waals surface area contributed by atoms with Crippen LogP contribution in [-0.4, -0.2) is 38.9 Å². The van der Waals surface area contributed by atoms with E-state index in [9.17, 15) is 14.7 Å². The zero-order chi connectivity index (χ0) is 17.7. The number of methoxy groups -OCH3 is 1. The number of ketones is 1. The summed E-state index contributed by atoms with van der Waals surface area (Å²) in [4.78, 5) is 25.2. The Morgan fingerprint density at radius 1 is 1.08 bits per heavy atom. The molecule has 0 aliphatic heterocycles. The second kappa shape index (κ2) is 7.58. The first-order valence-electron chi connectivity index (χ1n) is 7.20. The Morgan fingerprint density at radius 3 is 2.25 bits per heavy atom. The van der Waals surface area contributed by atoms with Crippen molar-refractivity contribution in [1.82, 2.24) is 0 Å². The summed E-state index contributed by atoms with van der Waals surface area (Å²) in [5.74, 6) is 0.587. The average molecular weight is 389 g/mol. The summed E-state index contributed by atoms with van der Waals surface area (Å²) in [5.41, 5.74) is -1.75. The third kappa shape index (κ3) is 3.19. The van der Waals surface area contributed by atoms with Gasteiger partial charge in [-0.2, -0.15) is 0 Å². The van der Waals surface area contributed by atoms with Crippen LogP contribution in [0.15, 0.2) is 66.7 Å². The molecule has 2 aromatic carbocycles. The zero-order valence-corrected chi connectivity index (χ0v) is 15.2. The molecule has 0 saturated heterocycles. The normalized spacial score (nSPS) is 13.0. The summed E-state index contributed by atoms with van der Waals surface area (Å²) in [7, 11) is 1.16. The molecule has 0 radical (unpaired) electrons. The van der Waals surface area contributed by atoms with Gasteiger partial charge in [0.25, 0.3) is 0 Å². The van der Waals surface area contributed by atoms with Crippen molar-refractivity contribution in [2.45, 2.75) is 11.4 Å². The summed E-state index contributed by atoms with van der Waals surface area (Å²) in [5, 5.41) is 11.0. The summed E-state index contributed by atoms with van der Waals surface area (Å²) in [6.45, 7) is 3.73. The van der Waals surface area contributed by atoms with Crippen LogP contribution in [0.2, 0.25) is 5.82 Å². The fourth-order valence-corrected chi connectivity index (χ4v) is 3.65. The van der Waals surface area contributed by atoms with Crippen molar-refractivity contribution in [3.05, 3.63) is 77.9 Å². The number of ether oxygens (including phenoxy) is 1. The van der Waals surface area contributed by atoms with Crippen molar-refractivity contribution in [3.63, 3.8) is 0 Å². The van der Waals surface area contributed by atoms with Crippen molar-refractivity contribution in [2.75, 3.05) is 7.11 Å². The number of esters is 1. The molecule has 0 aliphatic carbocycles. The van der Waals surface area contributed by atoms with E-state index in [0.717, 1.165) is 11.6 Å². The molecule has 2 rings (SSSR count). The molecule has 0 spiro atoms. The quantitative estimate of drug-likeness (QED) is 0.355. The number of carbonyl (C=O) groups is 2. The second-order valence-electron chi connectivity index (χ2n) is 5.08. The molecule has 1 N–H and O–H groups in total. The summed E-state index contributed by atoms with van der Waals surface area (Å²) in [6, 6.07) is 15.3. The molecule has 0 aliphatic rings. The van der Waals surface area contributed by atoms with Gasteiger partial charge >= 0.3 is 147 Å². The van der Waals surface area contributed by atoms with Gasteiger partial charge in [0, 0.05) is 0 Å². The third-order valence-corrected chi connectivity index (χ3v) is 5.40. The van der Waals surface area contributed by atoms with Gasteiger partial charge in [0.05, 0.1) is 0 Å². The van der Waals surface area contributed by atoms with Gasteiger partial charge in [0.15, 0.2) is 0 Å². The number of aliphatic hydroxyl groups is 1. The van der Waals surface area contributed by atoms with Gasteiger partial charge < -0.3 is 0 Å². The number of carbonyl (C=O) groups excluding carboxylic acids is 2. The Bertz CT molecular complexity index is 770. The van der Waals surface area contributed by atoms with E-state index < -0.39 is 17.4 Å². The van der Waals surface area contributed by atoms with Crippen molar-refractivity contribution >= 4 is 31.2 Å². The molecule has 1 unspecified atom stereocenters. The number of rotatable bonds is 6. The summed E-state index contributed by atoms with van der Waals surface area (Å²) >= 11 is 0.0860. The van der Waals surface area contributed by atoms with Gasteiger partial charge in [0.2, 0.25) is 0 Å². The Labute approximate surface area is 147 Å². The van der Waals surface area contributed by atoms with Crippen LogP contribution in [0.25, 0.3) is 0 Å². The SMILES string of the molecule is C=C(C(=O)c1ccccc1[Se]C)C(O)(C(=O)OC)c1ccccc1.